The molecule has 0 spiro atoms. The summed E-state index contributed by atoms with van der Waals surface area (Å²) in [6.45, 7) is 4.00. The number of amides is 2. The highest BCUT2D eigenvalue weighted by Crippen LogP contribution is 2.11. The van der Waals surface area contributed by atoms with E-state index >= 15 is 0 Å². The molecule has 7 heteroatoms. The summed E-state index contributed by atoms with van der Waals surface area (Å²) in [7, 11) is -3.25. The maximum Gasteiger partial charge on any atom is 0.452 e. The van der Waals surface area contributed by atoms with Crippen LogP contribution in [0.25, 0.3) is 0 Å². The van der Waals surface area contributed by atoms with Crippen LogP contribution in [0.3, 0.4) is 0 Å². The highest BCUT2D eigenvalue weighted by Gasteiger charge is 2.45. The zero-order chi connectivity index (χ0) is 22.1. The van der Waals surface area contributed by atoms with Gasteiger partial charge in [0.25, 0.3) is 0 Å². The molecule has 0 aromatic heterocycles. The second-order valence-corrected chi connectivity index (χ2v) is 10.6. The Bertz CT molecular complexity index is 929. The van der Waals surface area contributed by atoms with Crippen molar-refractivity contribution in [3.8, 4) is 0 Å². The zero-order valence-corrected chi connectivity index (χ0v) is 18.5. The molecule has 0 N–H and O–H groups in total. The van der Waals surface area contributed by atoms with Crippen molar-refractivity contribution in [1.82, 2.24) is 0 Å². The van der Waals surface area contributed by atoms with Crippen molar-refractivity contribution in [2.75, 3.05) is 6.61 Å². The van der Waals surface area contributed by atoms with Crippen LogP contribution < -0.4 is 15.6 Å². The van der Waals surface area contributed by atoms with Gasteiger partial charge in [0.2, 0.25) is 0 Å². The predicted octanol–water partition coefficient (Wildman–Crippen LogP) is 4.03. The molecule has 0 heterocycles. The minimum atomic E-state index is -3.25. The van der Waals surface area contributed by atoms with Gasteiger partial charge in [0.1, 0.15) is 0 Å². The van der Waals surface area contributed by atoms with Crippen LogP contribution in [-0.2, 0) is 9.16 Å². The van der Waals surface area contributed by atoms with Crippen molar-refractivity contribution in [2.24, 2.45) is 16.1 Å². The van der Waals surface area contributed by atoms with Gasteiger partial charge in [-0.1, -0.05) is 115 Å². The Morgan fingerprint density at radius 3 is 1.48 bits per heavy atom. The van der Waals surface area contributed by atoms with Crippen LogP contribution in [0.1, 0.15) is 13.8 Å². The second kappa shape index (κ2) is 10.4. The number of ether oxygens (including phenoxy) is 1. The molecule has 0 aliphatic carbocycles. The van der Waals surface area contributed by atoms with Gasteiger partial charge in [0, 0.05) is 0 Å². The Morgan fingerprint density at radius 1 is 0.710 bits per heavy atom. The number of hydrogen-bond donors (Lipinski definition) is 0. The molecule has 0 radical (unpaired) electrons. The molecule has 0 unspecified atom stereocenters. The molecule has 3 aromatic carbocycles. The standard InChI is InChI=1S/C24H24N2O4Si/c1-19(2)18-29-23(27)25-26-24(28)30-31(20-12-6-3-7-13-20,21-14-8-4-9-15-21)22-16-10-5-11-17-22/h3-17,19H,18H2,1-2H3/b26-25+. The van der Waals surface area contributed by atoms with Crippen LogP contribution in [0, 0.1) is 5.92 Å². The molecule has 0 aliphatic rings. The highest BCUT2D eigenvalue weighted by atomic mass is 28.4. The average Bonchev–Trinajstić information content (AvgIpc) is 2.81. The topological polar surface area (TPSA) is 77.3 Å². The van der Waals surface area contributed by atoms with Crippen LogP contribution in [-0.4, -0.2) is 27.1 Å². The van der Waals surface area contributed by atoms with Crippen molar-refractivity contribution in [3.63, 3.8) is 0 Å². The van der Waals surface area contributed by atoms with Crippen molar-refractivity contribution in [1.29, 1.82) is 0 Å². The summed E-state index contributed by atoms with van der Waals surface area (Å²) in [6, 6.07) is 28.8. The van der Waals surface area contributed by atoms with E-state index in [1.807, 2.05) is 105 Å². The number of carbonyl (C=O) groups is 2. The van der Waals surface area contributed by atoms with Crippen LogP contribution in [0.5, 0.6) is 0 Å². The van der Waals surface area contributed by atoms with E-state index in [1.54, 1.807) is 0 Å². The largest absolute Gasteiger partial charge is 0.487 e. The van der Waals surface area contributed by atoms with Gasteiger partial charge >= 0.3 is 20.5 Å². The van der Waals surface area contributed by atoms with E-state index in [4.69, 9.17) is 9.16 Å². The van der Waals surface area contributed by atoms with Crippen molar-refractivity contribution < 1.29 is 18.8 Å². The lowest BCUT2D eigenvalue weighted by atomic mass is 10.2. The molecular formula is C24H24N2O4Si. The van der Waals surface area contributed by atoms with E-state index < -0.39 is 20.5 Å². The summed E-state index contributed by atoms with van der Waals surface area (Å²) in [5, 5.41) is 9.48. The Balaban J connectivity index is 2.02. The van der Waals surface area contributed by atoms with Crippen LogP contribution >= 0.6 is 0 Å². The van der Waals surface area contributed by atoms with E-state index in [2.05, 4.69) is 10.2 Å². The third-order valence-corrected chi connectivity index (χ3v) is 8.45. The van der Waals surface area contributed by atoms with Crippen molar-refractivity contribution >= 4 is 36.1 Å². The van der Waals surface area contributed by atoms with Crippen LogP contribution in [0.15, 0.2) is 101 Å². The van der Waals surface area contributed by atoms with E-state index in [9.17, 15) is 9.59 Å². The van der Waals surface area contributed by atoms with Gasteiger partial charge in [-0.05, 0) is 21.5 Å². The Kier molecular flexibility index (Phi) is 7.45. The smallest absolute Gasteiger partial charge is 0.452 e. The van der Waals surface area contributed by atoms with Gasteiger partial charge in [-0.3, -0.25) is 0 Å². The van der Waals surface area contributed by atoms with E-state index in [1.165, 1.54) is 0 Å². The number of benzene rings is 3. The van der Waals surface area contributed by atoms with Crippen molar-refractivity contribution in [2.45, 2.75) is 13.8 Å². The fourth-order valence-corrected chi connectivity index (χ4v) is 6.84. The minimum Gasteiger partial charge on any atom is -0.487 e. The molecule has 3 aromatic rings. The molecule has 0 fully saturated rings. The van der Waals surface area contributed by atoms with E-state index in [0.717, 1.165) is 15.6 Å². The number of azo groups is 1. The normalized spacial score (nSPS) is 11.5. The Hall–Kier alpha value is -3.58. The van der Waals surface area contributed by atoms with Gasteiger partial charge < -0.3 is 9.16 Å². The molecule has 158 valence electrons. The third kappa shape index (κ3) is 5.52. The Morgan fingerprint density at radius 2 is 1.10 bits per heavy atom. The molecule has 0 atom stereocenters. The monoisotopic (exact) mass is 432 g/mol. The first-order valence-electron chi connectivity index (χ1n) is 10.0. The lowest BCUT2D eigenvalue weighted by Crippen LogP contribution is -2.69. The van der Waals surface area contributed by atoms with E-state index in [0.29, 0.717) is 0 Å². The van der Waals surface area contributed by atoms with Crippen LogP contribution in [0.2, 0.25) is 0 Å². The summed E-state index contributed by atoms with van der Waals surface area (Å²) in [5.41, 5.74) is 0. The molecule has 0 aliphatic heterocycles. The fraction of sp³-hybridized carbons (Fsp3) is 0.167. The maximum absolute atomic E-state index is 12.8. The first kappa shape index (κ1) is 22.1. The summed E-state index contributed by atoms with van der Waals surface area (Å²) >= 11 is 0. The molecule has 6 nitrogen and oxygen atoms in total. The number of nitrogens with zero attached hydrogens (tertiary/aromatic N) is 2. The summed E-state index contributed by atoms with van der Waals surface area (Å²) in [4.78, 5) is 24.5. The lowest BCUT2D eigenvalue weighted by Gasteiger charge is -2.31. The quantitative estimate of drug-likeness (QED) is 0.335. The summed E-state index contributed by atoms with van der Waals surface area (Å²) < 4.78 is 11.0. The summed E-state index contributed by atoms with van der Waals surface area (Å²) in [6.07, 6.45) is -1.86. The first-order valence-corrected chi connectivity index (χ1v) is 11.9. The summed E-state index contributed by atoms with van der Waals surface area (Å²) in [5.74, 6) is 0.153. The zero-order valence-electron chi connectivity index (χ0n) is 17.5. The maximum atomic E-state index is 12.8. The Labute approximate surface area is 182 Å². The fourth-order valence-electron chi connectivity index (χ4n) is 3.20. The molecule has 31 heavy (non-hydrogen) atoms. The van der Waals surface area contributed by atoms with E-state index in [-0.39, 0.29) is 12.5 Å². The first-order chi connectivity index (χ1) is 15.0. The van der Waals surface area contributed by atoms with Gasteiger partial charge in [-0.25, -0.2) is 9.59 Å². The van der Waals surface area contributed by atoms with Gasteiger partial charge in [-0.15, -0.1) is 0 Å². The predicted molar refractivity (Wildman–Crippen MR) is 122 cm³/mol. The van der Waals surface area contributed by atoms with Gasteiger partial charge in [0.05, 0.1) is 6.61 Å². The second-order valence-electron chi connectivity index (χ2n) is 7.32. The van der Waals surface area contributed by atoms with Gasteiger partial charge in [0.15, 0.2) is 0 Å². The molecule has 2 amide bonds. The minimum absolute atomic E-state index is 0.153. The SMILES string of the molecule is CC(C)COC(=O)/N=N/C(=O)O[Si](c1ccccc1)(c1ccccc1)c1ccccc1. The number of rotatable bonds is 6. The highest BCUT2D eigenvalue weighted by molar-refractivity contribution is 7.07. The molecule has 0 bridgehead atoms. The van der Waals surface area contributed by atoms with Crippen molar-refractivity contribution in [3.05, 3.63) is 91.0 Å². The molecule has 0 saturated heterocycles. The molecule has 0 saturated carbocycles. The number of carbonyl (C=O) groups excluding carboxylic acids is 2. The molecule has 3 rings (SSSR count). The third-order valence-electron chi connectivity index (χ3n) is 4.53. The number of hydrogen-bond acceptors (Lipinski definition) is 4. The van der Waals surface area contributed by atoms with Crippen LogP contribution in [0.4, 0.5) is 9.59 Å². The average molecular weight is 433 g/mol. The van der Waals surface area contributed by atoms with Gasteiger partial charge in [-0.2, -0.15) is 0 Å². The molecular weight excluding hydrogens is 408 g/mol. The lowest BCUT2D eigenvalue weighted by molar-refractivity contribution is 0.141.